The molecule has 0 spiro atoms. The Hall–Kier alpha value is -1.60. The minimum Gasteiger partial charge on any atom is -0.351 e. The number of aryl methyl sites for hydroxylation is 1. The lowest BCUT2D eigenvalue weighted by molar-refractivity contribution is 0.0949. The number of nitrogens with zero attached hydrogens (tertiary/aromatic N) is 2. The molecule has 1 atom stereocenters. The van der Waals surface area contributed by atoms with Crippen LogP contribution in [0.15, 0.2) is 30.3 Å². The monoisotopic (exact) mass is 424 g/mol. The Morgan fingerprint density at radius 1 is 1.44 bits per heavy atom. The number of rotatable bonds is 4. The predicted molar refractivity (Wildman–Crippen MR) is 114 cm³/mol. The Labute approximate surface area is 173 Å². The fourth-order valence-corrected chi connectivity index (χ4v) is 4.65. The maximum absolute atomic E-state index is 12.6. The summed E-state index contributed by atoms with van der Waals surface area (Å²) in [5.41, 5.74) is 1.81. The Bertz CT molecular complexity index is 946. The van der Waals surface area contributed by atoms with Crippen LogP contribution in [-0.2, 0) is 0 Å². The van der Waals surface area contributed by atoms with Crippen LogP contribution in [0.1, 0.15) is 28.2 Å². The van der Waals surface area contributed by atoms with E-state index < -0.39 is 0 Å². The molecule has 3 heterocycles. The number of amides is 1. The molecule has 1 amide bonds. The van der Waals surface area contributed by atoms with E-state index in [1.54, 1.807) is 0 Å². The number of fused-ring (bicyclic) bond motifs is 1. The highest BCUT2D eigenvalue weighted by Gasteiger charge is 2.19. The highest BCUT2D eigenvalue weighted by atomic mass is 35.5. The first-order valence-corrected chi connectivity index (χ1v) is 10.1. The molecule has 1 aromatic carbocycles. The standard InChI is InChI=1S/C19H21ClN4OS.ClH/c1-12-16-9-17(18(25)22-11-13-4-3-7-21-10-13)26-19(16)24(23-12)15-6-2-5-14(20)8-15;/h2,5-6,8-9,13,21H,3-4,7,10-11H2,1H3,(H,22,25);1H. The lowest BCUT2D eigenvalue weighted by Gasteiger charge is -2.22. The summed E-state index contributed by atoms with van der Waals surface area (Å²) in [6.45, 7) is 4.75. The van der Waals surface area contributed by atoms with E-state index in [4.69, 9.17) is 11.6 Å². The maximum atomic E-state index is 12.6. The Morgan fingerprint density at radius 2 is 2.30 bits per heavy atom. The summed E-state index contributed by atoms with van der Waals surface area (Å²) in [7, 11) is 0. The van der Waals surface area contributed by atoms with Crippen LogP contribution in [-0.4, -0.2) is 35.3 Å². The molecule has 3 aromatic rings. The van der Waals surface area contributed by atoms with Gasteiger partial charge in [-0.25, -0.2) is 4.68 Å². The van der Waals surface area contributed by atoms with Gasteiger partial charge in [-0.05, 0) is 63.0 Å². The van der Waals surface area contributed by atoms with Crippen LogP contribution in [0.5, 0.6) is 0 Å². The first-order valence-electron chi connectivity index (χ1n) is 8.86. The summed E-state index contributed by atoms with van der Waals surface area (Å²) in [6.07, 6.45) is 2.35. The van der Waals surface area contributed by atoms with Gasteiger partial charge in [0.25, 0.3) is 5.91 Å². The number of nitrogens with one attached hydrogen (secondary N) is 2. The zero-order chi connectivity index (χ0) is 18.1. The molecule has 2 aromatic heterocycles. The van der Waals surface area contributed by atoms with Gasteiger partial charge in [0.2, 0.25) is 0 Å². The third-order valence-electron chi connectivity index (χ3n) is 4.77. The van der Waals surface area contributed by atoms with Crippen molar-refractivity contribution in [2.45, 2.75) is 19.8 Å². The van der Waals surface area contributed by atoms with Crippen molar-refractivity contribution in [2.24, 2.45) is 5.92 Å². The minimum absolute atomic E-state index is 0. The molecule has 144 valence electrons. The largest absolute Gasteiger partial charge is 0.351 e. The summed E-state index contributed by atoms with van der Waals surface area (Å²) >= 11 is 7.59. The molecule has 1 saturated heterocycles. The molecule has 2 N–H and O–H groups in total. The second-order valence-electron chi connectivity index (χ2n) is 6.73. The van der Waals surface area contributed by atoms with Gasteiger partial charge in [-0.1, -0.05) is 17.7 Å². The summed E-state index contributed by atoms with van der Waals surface area (Å²) in [5.74, 6) is 0.514. The van der Waals surface area contributed by atoms with Crippen molar-refractivity contribution >= 4 is 51.5 Å². The van der Waals surface area contributed by atoms with E-state index in [1.807, 2.05) is 41.9 Å². The Kier molecular flexibility index (Phi) is 6.42. The van der Waals surface area contributed by atoms with Crippen molar-refractivity contribution in [2.75, 3.05) is 19.6 Å². The fourth-order valence-electron chi connectivity index (χ4n) is 3.36. The van der Waals surface area contributed by atoms with Crippen molar-refractivity contribution in [3.8, 4) is 5.69 Å². The second kappa shape index (κ2) is 8.61. The van der Waals surface area contributed by atoms with Crippen molar-refractivity contribution < 1.29 is 4.79 Å². The van der Waals surface area contributed by atoms with E-state index >= 15 is 0 Å². The molecule has 1 fully saturated rings. The summed E-state index contributed by atoms with van der Waals surface area (Å²) in [4.78, 5) is 14.3. The summed E-state index contributed by atoms with van der Waals surface area (Å²) in [6, 6.07) is 9.53. The number of carbonyl (C=O) groups excluding carboxylic acids is 1. The topological polar surface area (TPSA) is 59.0 Å². The van der Waals surface area contributed by atoms with E-state index in [0.717, 1.165) is 46.1 Å². The molecule has 0 bridgehead atoms. The van der Waals surface area contributed by atoms with Gasteiger partial charge >= 0.3 is 0 Å². The van der Waals surface area contributed by atoms with Gasteiger partial charge in [-0.3, -0.25) is 4.79 Å². The number of halogens is 2. The Morgan fingerprint density at radius 3 is 3.04 bits per heavy atom. The lowest BCUT2D eigenvalue weighted by Crippen LogP contribution is -2.37. The minimum atomic E-state index is -0.00572. The van der Waals surface area contributed by atoms with Gasteiger partial charge in [-0.2, -0.15) is 5.10 Å². The molecule has 1 aliphatic rings. The van der Waals surface area contributed by atoms with Crippen LogP contribution in [0.3, 0.4) is 0 Å². The maximum Gasteiger partial charge on any atom is 0.261 e. The molecule has 8 heteroatoms. The number of carbonyl (C=O) groups is 1. The molecule has 1 unspecified atom stereocenters. The number of hydrogen-bond donors (Lipinski definition) is 2. The van der Waals surface area contributed by atoms with Gasteiger partial charge in [0, 0.05) is 17.0 Å². The summed E-state index contributed by atoms with van der Waals surface area (Å²) < 4.78 is 1.86. The second-order valence-corrected chi connectivity index (χ2v) is 8.20. The molecule has 0 saturated carbocycles. The molecule has 1 aliphatic heterocycles. The normalized spacial score (nSPS) is 16.9. The molecule has 4 rings (SSSR count). The average Bonchev–Trinajstić information content (AvgIpc) is 3.21. The van der Waals surface area contributed by atoms with E-state index in [9.17, 15) is 4.79 Å². The molecule has 5 nitrogen and oxygen atoms in total. The Balaban J connectivity index is 0.00000210. The molecule has 0 radical (unpaired) electrons. The zero-order valence-electron chi connectivity index (χ0n) is 15.0. The van der Waals surface area contributed by atoms with Crippen LogP contribution in [0.25, 0.3) is 15.9 Å². The van der Waals surface area contributed by atoms with Crippen LogP contribution in [0.4, 0.5) is 0 Å². The first-order chi connectivity index (χ1) is 12.6. The smallest absolute Gasteiger partial charge is 0.261 e. The van der Waals surface area contributed by atoms with E-state index in [1.165, 1.54) is 24.2 Å². The summed E-state index contributed by atoms with van der Waals surface area (Å²) in [5, 5.41) is 12.8. The van der Waals surface area contributed by atoms with E-state index in [2.05, 4.69) is 15.7 Å². The van der Waals surface area contributed by atoms with Crippen molar-refractivity contribution in [3.05, 3.63) is 45.9 Å². The average molecular weight is 425 g/mol. The third kappa shape index (κ3) is 4.29. The first kappa shape index (κ1) is 20.1. The number of thiophene rings is 1. The number of aromatic nitrogens is 2. The van der Waals surface area contributed by atoms with Crippen LogP contribution in [0.2, 0.25) is 5.02 Å². The van der Waals surface area contributed by atoms with Gasteiger partial charge in [0.1, 0.15) is 4.83 Å². The molecular weight excluding hydrogens is 403 g/mol. The van der Waals surface area contributed by atoms with Gasteiger partial charge < -0.3 is 10.6 Å². The highest BCUT2D eigenvalue weighted by molar-refractivity contribution is 7.20. The predicted octanol–water partition coefficient (Wildman–Crippen LogP) is 4.20. The number of hydrogen-bond acceptors (Lipinski definition) is 4. The van der Waals surface area contributed by atoms with E-state index in [-0.39, 0.29) is 18.3 Å². The zero-order valence-corrected chi connectivity index (χ0v) is 17.4. The molecule has 27 heavy (non-hydrogen) atoms. The SMILES string of the molecule is Cc1nn(-c2cccc(Cl)c2)c2sc(C(=O)NCC3CCCNC3)cc12.Cl. The quantitative estimate of drug-likeness (QED) is 0.659. The van der Waals surface area contributed by atoms with Crippen molar-refractivity contribution in [3.63, 3.8) is 0 Å². The lowest BCUT2D eigenvalue weighted by atomic mass is 10.00. The number of benzene rings is 1. The van der Waals surface area contributed by atoms with Crippen LogP contribution in [0, 0.1) is 12.8 Å². The fraction of sp³-hybridized carbons (Fsp3) is 0.368. The highest BCUT2D eigenvalue weighted by Crippen LogP contribution is 2.31. The van der Waals surface area contributed by atoms with Gasteiger partial charge in [-0.15, -0.1) is 23.7 Å². The third-order valence-corrected chi connectivity index (χ3v) is 6.12. The van der Waals surface area contributed by atoms with Gasteiger partial charge in [0.15, 0.2) is 0 Å². The molecular formula is C19H22Cl2N4OS. The van der Waals surface area contributed by atoms with Gasteiger partial charge in [0.05, 0.1) is 16.3 Å². The van der Waals surface area contributed by atoms with E-state index in [0.29, 0.717) is 10.9 Å². The number of piperidine rings is 1. The van der Waals surface area contributed by atoms with Crippen LogP contribution >= 0.6 is 35.3 Å². The van der Waals surface area contributed by atoms with Crippen molar-refractivity contribution in [1.29, 1.82) is 0 Å². The van der Waals surface area contributed by atoms with Crippen LogP contribution < -0.4 is 10.6 Å². The molecule has 0 aliphatic carbocycles. The van der Waals surface area contributed by atoms with Crippen molar-refractivity contribution in [1.82, 2.24) is 20.4 Å².